The summed E-state index contributed by atoms with van der Waals surface area (Å²) in [5.74, 6) is 0.131. The molecule has 5 heteroatoms. The summed E-state index contributed by atoms with van der Waals surface area (Å²) < 4.78 is 0. The van der Waals surface area contributed by atoms with Crippen LogP contribution in [0.1, 0.15) is 23.1 Å². The maximum atomic E-state index is 13.1. The van der Waals surface area contributed by atoms with Crippen molar-refractivity contribution in [3.05, 3.63) is 96.2 Å². The van der Waals surface area contributed by atoms with Crippen LogP contribution in [0.4, 0.5) is 0 Å². The van der Waals surface area contributed by atoms with Crippen molar-refractivity contribution in [3.8, 4) is 0 Å². The Kier molecular flexibility index (Phi) is 5.43. The molecule has 0 fully saturated rings. The van der Waals surface area contributed by atoms with Crippen LogP contribution in [0.25, 0.3) is 10.9 Å². The van der Waals surface area contributed by atoms with E-state index in [0.717, 1.165) is 16.6 Å². The van der Waals surface area contributed by atoms with E-state index in [2.05, 4.69) is 27.1 Å². The van der Waals surface area contributed by atoms with Crippen molar-refractivity contribution in [3.63, 3.8) is 0 Å². The minimum Gasteiger partial charge on any atom is -0.361 e. The molecule has 3 heterocycles. The van der Waals surface area contributed by atoms with Gasteiger partial charge in [-0.05, 0) is 47.4 Å². The predicted molar refractivity (Wildman–Crippen MR) is 109 cm³/mol. The Morgan fingerprint density at radius 1 is 0.893 bits per heavy atom. The first-order chi connectivity index (χ1) is 13.8. The smallest absolute Gasteiger partial charge is 0.223 e. The summed E-state index contributed by atoms with van der Waals surface area (Å²) in [5.41, 5.74) is 4.37. The minimum atomic E-state index is 0.131. The standard InChI is InChI=1S/C23H22N4O/c28-23(8-7-20-15-26-22-6-2-1-5-21(20)22)27(16-18-9-12-24-13-10-18)17-19-4-3-11-25-14-19/h1-6,9-15,26H,7-8,16-17H2. The van der Waals surface area contributed by atoms with Gasteiger partial charge in [-0.3, -0.25) is 14.8 Å². The molecule has 4 aromatic rings. The minimum absolute atomic E-state index is 0.131. The molecule has 0 saturated carbocycles. The number of aromatic nitrogens is 3. The third kappa shape index (κ3) is 4.26. The van der Waals surface area contributed by atoms with E-state index in [0.29, 0.717) is 25.9 Å². The lowest BCUT2D eigenvalue weighted by Gasteiger charge is -2.23. The molecule has 0 radical (unpaired) electrons. The Balaban J connectivity index is 1.48. The van der Waals surface area contributed by atoms with Gasteiger partial charge in [0.25, 0.3) is 0 Å². The quantitative estimate of drug-likeness (QED) is 0.532. The number of pyridine rings is 2. The monoisotopic (exact) mass is 370 g/mol. The van der Waals surface area contributed by atoms with Crippen LogP contribution in [0.15, 0.2) is 79.5 Å². The molecular formula is C23H22N4O. The first kappa shape index (κ1) is 17.9. The summed E-state index contributed by atoms with van der Waals surface area (Å²) in [5, 5.41) is 1.18. The Labute approximate surface area is 164 Å². The number of benzene rings is 1. The zero-order chi connectivity index (χ0) is 19.2. The number of H-pyrrole nitrogens is 1. The van der Waals surface area contributed by atoms with E-state index < -0.39 is 0 Å². The number of nitrogens with one attached hydrogen (secondary N) is 1. The van der Waals surface area contributed by atoms with Gasteiger partial charge in [0, 0.05) is 61.4 Å². The molecule has 3 aromatic heterocycles. The second-order valence-electron chi connectivity index (χ2n) is 6.83. The van der Waals surface area contributed by atoms with Gasteiger partial charge in [0.15, 0.2) is 0 Å². The summed E-state index contributed by atoms with van der Waals surface area (Å²) in [6, 6.07) is 16.0. The predicted octanol–water partition coefficient (Wildman–Crippen LogP) is 4.12. The van der Waals surface area contributed by atoms with Gasteiger partial charge in [0.05, 0.1) is 0 Å². The summed E-state index contributed by atoms with van der Waals surface area (Å²) in [7, 11) is 0. The van der Waals surface area contributed by atoms with E-state index in [4.69, 9.17) is 0 Å². The molecule has 0 bridgehead atoms. The first-order valence-electron chi connectivity index (χ1n) is 9.40. The lowest BCUT2D eigenvalue weighted by Crippen LogP contribution is -2.30. The van der Waals surface area contributed by atoms with Crippen LogP contribution in [-0.4, -0.2) is 25.8 Å². The molecule has 0 aliphatic heterocycles. The van der Waals surface area contributed by atoms with Crippen molar-refractivity contribution in [2.24, 2.45) is 0 Å². The number of fused-ring (bicyclic) bond motifs is 1. The van der Waals surface area contributed by atoms with Crippen molar-refractivity contribution < 1.29 is 4.79 Å². The highest BCUT2D eigenvalue weighted by Crippen LogP contribution is 2.20. The molecule has 140 valence electrons. The Bertz CT molecular complexity index is 1000. The van der Waals surface area contributed by atoms with E-state index in [1.807, 2.05) is 53.7 Å². The van der Waals surface area contributed by atoms with Crippen LogP contribution in [0.2, 0.25) is 0 Å². The van der Waals surface area contributed by atoms with Crippen LogP contribution >= 0.6 is 0 Å². The van der Waals surface area contributed by atoms with Crippen LogP contribution in [0, 0.1) is 0 Å². The van der Waals surface area contributed by atoms with E-state index in [1.165, 1.54) is 10.9 Å². The van der Waals surface area contributed by atoms with Gasteiger partial charge in [-0.1, -0.05) is 24.3 Å². The average molecular weight is 370 g/mol. The van der Waals surface area contributed by atoms with Gasteiger partial charge in [0.1, 0.15) is 0 Å². The van der Waals surface area contributed by atoms with Crippen LogP contribution in [0.3, 0.4) is 0 Å². The third-order valence-electron chi connectivity index (χ3n) is 4.85. The summed E-state index contributed by atoms with van der Waals surface area (Å²) >= 11 is 0. The van der Waals surface area contributed by atoms with E-state index in [-0.39, 0.29) is 5.91 Å². The lowest BCUT2D eigenvalue weighted by atomic mass is 10.1. The van der Waals surface area contributed by atoms with E-state index in [9.17, 15) is 4.79 Å². The van der Waals surface area contributed by atoms with Gasteiger partial charge in [-0.2, -0.15) is 0 Å². The molecule has 1 N–H and O–H groups in total. The molecule has 0 saturated heterocycles. The fourth-order valence-electron chi connectivity index (χ4n) is 3.39. The van der Waals surface area contributed by atoms with E-state index >= 15 is 0 Å². The topological polar surface area (TPSA) is 61.9 Å². The highest BCUT2D eigenvalue weighted by atomic mass is 16.2. The highest BCUT2D eigenvalue weighted by Gasteiger charge is 2.16. The molecule has 4 rings (SSSR count). The van der Waals surface area contributed by atoms with Gasteiger partial charge in [-0.15, -0.1) is 0 Å². The van der Waals surface area contributed by atoms with Gasteiger partial charge >= 0.3 is 0 Å². The summed E-state index contributed by atoms with van der Waals surface area (Å²) in [6.45, 7) is 1.10. The molecule has 0 aliphatic carbocycles. The number of nitrogens with zero attached hydrogens (tertiary/aromatic N) is 3. The largest absolute Gasteiger partial charge is 0.361 e. The van der Waals surface area contributed by atoms with Crippen LogP contribution in [0.5, 0.6) is 0 Å². The van der Waals surface area contributed by atoms with Crippen molar-refractivity contribution in [2.45, 2.75) is 25.9 Å². The number of carbonyl (C=O) groups is 1. The number of aryl methyl sites for hydroxylation is 1. The molecular weight excluding hydrogens is 348 g/mol. The second kappa shape index (κ2) is 8.48. The van der Waals surface area contributed by atoms with Crippen LogP contribution in [-0.2, 0) is 24.3 Å². The SMILES string of the molecule is O=C(CCc1c[nH]c2ccccc12)N(Cc1ccncc1)Cc1cccnc1. The molecule has 0 aliphatic rings. The zero-order valence-corrected chi connectivity index (χ0v) is 15.6. The number of amides is 1. The molecule has 5 nitrogen and oxygen atoms in total. The Hall–Kier alpha value is -3.47. The molecule has 0 unspecified atom stereocenters. The molecule has 0 atom stereocenters. The summed E-state index contributed by atoms with van der Waals surface area (Å²) in [4.78, 5) is 26.5. The fraction of sp³-hybridized carbons (Fsp3) is 0.174. The third-order valence-corrected chi connectivity index (χ3v) is 4.85. The Morgan fingerprint density at radius 3 is 2.54 bits per heavy atom. The first-order valence-corrected chi connectivity index (χ1v) is 9.40. The van der Waals surface area contributed by atoms with Gasteiger partial charge in [-0.25, -0.2) is 0 Å². The fourth-order valence-corrected chi connectivity index (χ4v) is 3.39. The number of para-hydroxylation sites is 1. The van der Waals surface area contributed by atoms with Crippen LogP contribution < -0.4 is 0 Å². The number of carbonyl (C=O) groups excluding carboxylic acids is 1. The molecule has 28 heavy (non-hydrogen) atoms. The van der Waals surface area contributed by atoms with Gasteiger partial charge in [0.2, 0.25) is 5.91 Å². The maximum absolute atomic E-state index is 13.1. The molecule has 1 aromatic carbocycles. The normalized spacial score (nSPS) is 10.9. The molecule has 0 spiro atoms. The highest BCUT2D eigenvalue weighted by molar-refractivity contribution is 5.84. The maximum Gasteiger partial charge on any atom is 0.223 e. The summed E-state index contributed by atoms with van der Waals surface area (Å²) in [6.07, 6.45) is 10.3. The van der Waals surface area contributed by atoms with Crippen molar-refractivity contribution in [2.75, 3.05) is 0 Å². The van der Waals surface area contributed by atoms with E-state index in [1.54, 1.807) is 18.6 Å². The lowest BCUT2D eigenvalue weighted by molar-refractivity contribution is -0.132. The number of hydrogen-bond acceptors (Lipinski definition) is 3. The second-order valence-corrected chi connectivity index (χ2v) is 6.83. The van der Waals surface area contributed by atoms with Crippen molar-refractivity contribution in [1.82, 2.24) is 19.9 Å². The number of hydrogen-bond donors (Lipinski definition) is 1. The Morgan fingerprint density at radius 2 is 1.71 bits per heavy atom. The van der Waals surface area contributed by atoms with Gasteiger partial charge < -0.3 is 9.88 Å². The number of rotatable bonds is 7. The van der Waals surface area contributed by atoms with Crippen molar-refractivity contribution >= 4 is 16.8 Å². The average Bonchev–Trinajstić information content (AvgIpc) is 3.16. The zero-order valence-electron chi connectivity index (χ0n) is 15.6. The molecule has 1 amide bonds. The van der Waals surface area contributed by atoms with Crippen molar-refractivity contribution in [1.29, 1.82) is 0 Å². The number of aromatic amines is 1.